The summed E-state index contributed by atoms with van der Waals surface area (Å²) in [4.78, 5) is 12.1. The Morgan fingerprint density at radius 3 is 2.07 bits per heavy atom. The number of fused-ring (bicyclic) bond motifs is 1. The van der Waals surface area contributed by atoms with Crippen LogP contribution < -0.4 is 4.74 Å². The average molecular weight is 378 g/mol. The average Bonchev–Trinajstić information content (AvgIpc) is 2.71. The maximum atomic E-state index is 12.1. The van der Waals surface area contributed by atoms with Crippen molar-refractivity contribution in [2.24, 2.45) is 0 Å². The minimum Gasteiger partial charge on any atom is -0.504 e. The van der Waals surface area contributed by atoms with Gasteiger partial charge in [-0.3, -0.25) is 0 Å². The van der Waals surface area contributed by atoms with Gasteiger partial charge in [-0.25, -0.2) is 4.79 Å². The number of aliphatic carboxylic acids is 1. The van der Waals surface area contributed by atoms with E-state index in [-0.39, 0.29) is 11.5 Å². The van der Waals surface area contributed by atoms with Crippen LogP contribution in [-0.2, 0) is 4.79 Å². The van der Waals surface area contributed by atoms with Gasteiger partial charge in [0.25, 0.3) is 0 Å². The maximum Gasteiger partial charge on any atom is 0.348 e. The highest BCUT2D eigenvalue weighted by molar-refractivity contribution is 6.02. The number of phenolic OH excluding ortho intramolecular Hbond substituents is 1. The van der Waals surface area contributed by atoms with Crippen molar-refractivity contribution in [1.29, 1.82) is 0 Å². The monoisotopic (exact) mass is 378 g/mol. The van der Waals surface area contributed by atoms with Crippen molar-refractivity contribution in [2.45, 2.75) is 45.1 Å². The molecular weight excluding hydrogens is 352 g/mol. The molecule has 0 fully saturated rings. The van der Waals surface area contributed by atoms with Gasteiger partial charge >= 0.3 is 5.97 Å². The van der Waals surface area contributed by atoms with E-state index in [1.165, 1.54) is 0 Å². The summed E-state index contributed by atoms with van der Waals surface area (Å²) in [5, 5.41) is 22.4. The summed E-state index contributed by atoms with van der Waals surface area (Å²) < 4.78 is 6.10. The number of phenols is 1. The summed E-state index contributed by atoms with van der Waals surface area (Å²) in [7, 11) is 0. The second kappa shape index (κ2) is 8.34. The Morgan fingerprint density at radius 1 is 0.929 bits per heavy atom. The molecule has 3 aromatic carbocycles. The minimum absolute atomic E-state index is 0.0203. The molecule has 0 saturated carbocycles. The number of hydrogen-bond donors (Lipinski definition) is 2. The summed E-state index contributed by atoms with van der Waals surface area (Å²) in [6.07, 6.45) is 2.10. The second-order valence-electron chi connectivity index (χ2n) is 7.08. The zero-order chi connectivity index (χ0) is 20.1. The highest BCUT2D eigenvalue weighted by Crippen LogP contribution is 2.43. The van der Waals surface area contributed by atoms with E-state index in [0.717, 1.165) is 16.5 Å². The number of aromatic hydroxyl groups is 1. The first kappa shape index (κ1) is 19.7. The van der Waals surface area contributed by atoms with Crippen LogP contribution in [-0.4, -0.2) is 21.8 Å². The number of carbonyl (C=O) groups is 1. The molecule has 4 heteroatoms. The number of rotatable bonds is 8. The Hall–Kier alpha value is -3.01. The first-order chi connectivity index (χ1) is 13.5. The molecule has 0 amide bonds. The molecule has 146 valence electrons. The quantitative estimate of drug-likeness (QED) is 0.503. The predicted molar refractivity (Wildman–Crippen MR) is 112 cm³/mol. The SMILES string of the molecule is CCCC(CCC)(Oc1cc(-c2ccccc2)c2ccccc2c1O)C(=O)O. The normalized spacial score (nSPS) is 11.5. The van der Waals surface area contributed by atoms with Gasteiger partial charge in [-0.05, 0) is 35.4 Å². The van der Waals surface area contributed by atoms with Gasteiger partial charge in [-0.2, -0.15) is 0 Å². The standard InChI is InChI=1S/C24H26O4/c1-3-14-24(15-4-2,23(26)27)28-21-16-20(17-10-6-5-7-11-17)18-12-8-9-13-19(18)22(21)25/h5-13,16,25H,3-4,14-15H2,1-2H3,(H,26,27). The lowest BCUT2D eigenvalue weighted by atomic mass is 9.91. The Morgan fingerprint density at radius 2 is 1.50 bits per heavy atom. The molecule has 0 spiro atoms. The molecule has 3 rings (SSSR count). The Labute approximate surface area is 165 Å². The fourth-order valence-corrected chi connectivity index (χ4v) is 3.77. The third kappa shape index (κ3) is 3.68. The van der Waals surface area contributed by atoms with E-state index in [9.17, 15) is 15.0 Å². The molecule has 0 atom stereocenters. The molecule has 0 aliphatic carbocycles. The van der Waals surface area contributed by atoms with Crippen LogP contribution in [0.3, 0.4) is 0 Å². The van der Waals surface area contributed by atoms with Crippen LogP contribution in [0, 0.1) is 0 Å². The Bertz CT molecular complexity index is 957. The number of carboxylic acids is 1. The van der Waals surface area contributed by atoms with E-state index >= 15 is 0 Å². The van der Waals surface area contributed by atoms with E-state index in [2.05, 4.69) is 0 Å². The molecule has 2 N–H and O–H groups in total. The Kier molecular flexibility index (Phi) is 5.88. The summed E-state index contributed by atoms with van der Waals surface area (Å²) in [6.45, 7) is 3.87. The molecule has 4 nitrogen and oxygen atoms in total. The first-order valence-corrected chi connectivity index (χ1v) is 9.75. The molecule has 0 heterocycles. The molecular formula is C24H26O4. The third-order valence-electron chi connectivity index (χ3n) is 5.07. The molecule has 0 aliphatic rings. The van der Waals surface area contributed by atoms with E-state index in [1.807, 2.05) is 68.4 Å². The lowest BCUT2D eigenvalue weighted by molar-refractivity contribution is -0.157. The summed E-state index contributed by atoms with van der Waals surface area (Å²) >= 11 is 0. The van der Waals surface area contributed by atoms with E-state index in [4.69, 9.17) is 4.74 Å². The van der Waals surface area contributed by atoms with Crippen LogP contribution in [0.4, 0.5) is 0 Å². The summed E-state index contributed by atoms with van der Waals surface area (Å²) in [5.41, 5.74) is 0.531. The van der Waals surface area contributed by atoms with E-state index < -0.39 is 11.6 Å². The maximum absolute atomic E-state index is 12.1. The lowest BCUT2D eigenvalue weighted by Crippen LogP contribution is -2.44. The topological polar surface area (TPSA) is 66.8 Å². The largest absolute Gasteiger partial charge is 0.504 e. The van der Waals surface area contributed by atoms with Crippen LogP contribution in [0.2, 0.25) is 0 Å². The second-order valence-corrected chi connectivity index (χ2v) is 7.08. The van der Waals surface area contributed by atoms with E-state index in [1.54, 1.807) is 6.07 Å². The summed E-state index contributed by atoms with van der Waals surface area (Å²) in [5.74, 6) is -0.806. The zero-order valence-electron chi connectivity index (χ0n) is 16.3. The van der Waals surface area contributed by atoms with Crippen LogP contribution >= 0.6 is 0 Å². The smallest absolute Gasteiger partial charge is 0.348 e. The lowest BCUT2D eigenvalue weighted by Gasteiger charge is -2.30. The Balaban J connectivity index is 2.21. The van der Waals surface area contributed by atoms with Crippen LogP contribution in [0.25, 0.3) is 21.9 Å². The van der Waals surface area contributed by atoms with E-state index in [0.29, 0.717) is 31.1 Å². The molecule has 0 unspecified atom stereocenters. The molecule has 0 saturated heterocycles. The van der Waals surface area contributed by atoms with Gasteiger partial charge in [-0.1, -0.05) is 81.3 Å². The van der Waals surface area contributed by atoms with Crippen LogP contribution in [0.15, 0.2) is 60.7 Å². The molecule has 0 aliphatic heterocycles. The molecule has 0 aromatic heterocycles. The molecule has 3 aromatic rings. The van der Waals surface area contributed by atoms with Crippen molar-refractivity contribution in [3.63, 3.8) is 0 Å². The van der Waals surface area contributed by atoms with Gasteiger partial charge in [0.2, 0.25) is 5.60 Å². The van der Waals surface area contributed by atoms with Crippen molar-refractivity contribution >= 4 is 16.7 Å². The number of ether oxygens (including phenoxy) is 1. The van der Waals surface area contributed by atoms with Gasteiger partial charge < -0.3 is 14.9 Å². The van der Waals surface area contributed by atoms with Gasteiger partial charge in [0.1, 0.15) is 0 Å². The predicted octanol–water partition coefficient (Wildman–Crippen LogP) is 6.01. The van der Waals surface area contributed by atoms with Gasteiger partial charge in [0.15, 0.2) is 11.5 Å². The molecule has 28 heavy (non-hydrogen) atoms. The van der Waals surface area contributed by atoms with Crippen molar-refractivity contribution < 1.29 is 19.7 Å². The summed E-state index contributed by atoms with van der Waals surface area (Å²) in [6, 6.07) is 19.1. The van der Waals surface area contributed by atoms with Crippen molar-refractivity contribution in [2.75, 3.05) is 0 Å². The van der Waals surface area contributed by atoms with Crippen molar-refractivity contribution in [3.8, 4) is 22.6 Å². The minimum atomic E-state index is -1.35. The van der Waals surface area contributed by atoms with Crippen LogP contribution in [0.1, 0.15) is 39.5 Å². The fraction of sp³-hybridized carbons (Fsp3) is 0.292. The van der Waals surface area contributed by atoms with Crippen molar-refractivity contribution in [3.05, 3.63) is 60.7 Å². The fourth-order valence-electron chi connectivity index (χ4n) is 3.77. The van der Waals surface area contributed by atoms with Gasteiger partial charge in [-0.15, -0.1) is 0 Å². The highest BCUT2D eigenvalue weighted by Gasteiger charge is 2.40. The zero-order valence-corrected chi connectivity index (χ0v) is 16.3. The van der Waals surface area contributed by atoms with Gasteiger partial charge in [0.05, 0.1) is 0 Å². The first-order valence-electron chi connectivity index (χ1n) is 9.75. The highest BCUT2D eigenvalue weighted by atomic mass is 16.5. The van der Waals surface area contributed by atoms with Gasteiger partial charge in [0, 0.05) is 5.39 Å². The van der Waals surface area contributed by atoms with Crippen LogP contribution in [0.5, 0.6) is 11.5 Å². The number of hydrogen-bond acceptors (Lipinski definition) is 3. The molecule has 0 radical (unpaired) electrons. The third-order valence-corrected chi connectivity index (χ3v) is 5.07. The number of benzene rings is 3. The van der Waals surface area contributed by atoms with Crippen molar-refractivity contribution in [1.82, 2.24) is 0 Å². The number of carboxylic acid groups (broad SMARTS) is 1. The molecule has 0 bridgehead atoms.